The second kappa shape index (κ2) is 10.7. The van der Waals surface area contributed by atoms with Crippen LogP contribution in [0.25, 0.3) is 11.3 Å². The van der Waals surface area contributed by atoms with Crippen molar-refractivity contribution in [2.45, 2.75) is 72.1 Å². The van der Waals surface area contributed by atoms with Gasteiger partial charge in [-0.3, -0.25) is 4.79 Å². The normalized spacial score (nSPS) is 11.8. The van der Waals surface area contributed by atoms with E-state index in [9.17, 15) is 14.7 Å². The Morgan fingerprint density at radius 3 is 2.18 bits per heavy atom. The van der Waals surface area contributed by atoms with Gasteiger partial charge in [-0.05, 0) is 36.3 Å². The molecule has 1 aromatic carbocycles. The molecule has 0 unspecified atom stereocenters. The van der Waals surface area contributed by atoms with Crippen LogP contribution in [0.1, 0.15) is 71.8 Å². The van der Waals surface area contributed by atoms with E-state index in [1.807, 2.05) is 18.2 Å². The summed E-state index contributed by atoms with van der Waals surface area (Å²) in [4.78, 5) is 22.8. The molecule has 1 heterocycles. The van der Waals surface area contributed by atoms with Crippen LogP contribution in [0.2, 0.25) is 0 Å². The van der Waals surface area contributed by atoms with Crippen LogP contribution in [0.15, 0.2) is 22.7 Å². The molecule has 0 bridgehead atoms. The number of nitrogens with zero attached hydrogens (tertiary/aromatic N) is 1. The highest BCUT2D eigenvalue weighted by Gasteiger charge is 2.27. The maximum atomic E-state index is 11.6. The van der Waals surface area contributed by atoms with Crippen molar-refractivity contribution in [1.29, 1.82) is 0 Å². The third-order valence-electron chi connectivity index (χ3n) is 5.06. The maximum absolute atomic E-state index is 11.6. The second-order valence-electron chi connectivity index (χ2n) is 10.00. The van der Waals surface area contributed by atoms with E-state index in [0.29, 0.717) is 30.0 Å². The summed E-state index contributed by atoms with van der Waals surface area (Å²) in [5.41, 5.74) is 2.81. The van der Waals surface area contributed by atoms with Gasteiger partial charge in [0.1, 0.15) is 23.7 Å². The number of benzene rings is 1. The number of amides is 1. The molecule has 8 heteroatoms. The Bertz CT molecular complexity index is 931. The molecule has 2 rings (SSSR count). The van der Waals surface area contributed by atoms with Crippen LogP contribution >= 0.6 is 0 Å². The molecule has 0 saturated carbocycles. The number of aryl methyl sites for hydroxylation is 1. The lowest BCUT2D eigenvalue weighted by atomic mass is 9.78. The van der Waals surface area contributed by atoms with Crippen LogP contribution in [0.5, 0.6) is 5.75 Å². The molecular weight excluding hydrogens is 424 g/mol. The summed E-state index contributed by atoms with van der Waals surface area (Å²) in [5.74, 6) is 0.478. The van der Waals surface area contributed by atoms with Crippen LogP contribution in [0, 0.1) is 0 Å². The van der Waals surface area contributed by atoms with E-state index in [0.717, 1.165) is 16.7 Å². The molecule has 1 amide bonds. The number of esters is 1. The maximum Gasteiger partial charge on any atom is 0.407 e. The Morgan fingerprint density at radius 1 is 1.03 bits per heavy atom. The molecule has 0 fully saturated rings. The highest BCUT2D eigenvalue weighted by atomic mass is 16.6. The predicted octanol–water partition coefficient (Wildman–Crippen LogP) is 4.86. The molecule has 8 nitrogen and oxygen atoms in total. The van der Waals surface area contributed by atoms with Crippen LogP contribution in [-0.4, -0.2) is 42.1 Å². The monoisotopic (exact) mass is 460 g/mol. The van der Waals surface area contributed by atoms with Gasteiger partial charge >= 0.3 is 12.1 Å². The summed E-state index contributed by atoms with van der Waals surface area (Å²) in [6.07, 6.45) is 0.404. The number of carbonyl (C=O) groups excluding carboxylic acids is 2. The van der Waals surface area contributed by atoms with Gasteiger partial charge in [-0.25, -0.2) is 4.79 Å². The summed E-state index contributed by atoms with van der Waals surface area (Å²) in [7, 11) is 0. The largest absolute Gasteiger partial charge is 0.507 e. The highest BCUT2D eigenvalue weighted by Crippen LogP contribution is 2.41. The number of rotatable bonds is 8. The summed E-state index contributed by atoms with van der Waals surface area (Å²) in [6, 6.07) is 5.79. The molecule has 0 aliphatic heterocycles. The number of phenols is 1. The number of hydrogen-bond acceptors (Lipinski definition) is 7. The van der Waals surface area contributed by atoms with Crippen molar-refractivity contribution < 1.29 is 28.7 Å². The van der Waals surface area contributed by atoms with Crippen LogP contribution in [0.3, 0.4) is 0 Å². The zero-order chi connectivity index (χ0) is 24.8. The lowest BCUT2D eigenvalue weighted by Crippen LogP contribution is -2.31. The van der Waals surface area contributed by atoms with Crippen molar-refractivity contribution in [3.05, 3.63) is 35.1 Å². The minimum atomic E-state index is -0.671. The van der Waals surface area contributed by atoms with Crippen molar-refractivity contribution in [2.24, 2.45) is 0 Å². The van der Waals surface area contributed by atoms with E-state index in [2.05, 4.69) is 52.0 Å². The average molecular weight is 461 g/mol. The second-order valence-corrected chi connectivity index (χ2v) is 10.00. The quantitative estimate of drug-likeness (QED) is 0.427. The lowest BCUT2D eigenvalue weighted by Gasteiger charge is -2.28. The SMILES string of the molecule is CCOC(=O)CNC(=O)OCCCc1cc(-c2cc(C(C)(C)C)c(O)c(C(C)(C)C)c2)no1. The zero-order valence-electron chi connectivity index (χ0n) is 20.7. The fourth-order valence-corrected chi connectivity index (χ4v) is 3.31. The average Bonchev–Trinajstić information content (AvgIpc) is 3.17. The van der Waals surface area contributed by atoms with E-state index in [1.165, 1.54) is 0 Å². The van der Waals surface area contributed by atoms with Crippen LogP contribution in [-0.2, 0) is 31.5 Å². The Hall–Kier alpha value is -3.03. The topological polar surface area (TPSA) is 111 Å². The molecule has 0 aliphatic rings. The Kier molecular flexibility index (Phi) is 8.52. The molecule has 2 aromatic rings. The van der Waals surface area contributed by atoms with E-state index in [1.54, 1.807) is 6.92 Å². The van der Waals surface area contributed by atoms with Crippen molar-refractivity contribution in [1.82, 2.24) is 10.5 Å². The van der Waals surface area contributed by atoms with E-state index >= 15 is 0 Å². The van der Waals surface area contributed by atoms with Gasteiger partial charge in [-0.15, -0.1) is 0 Å². The van der Waals surface area contributed by atoms with E-state index in [4.69, 9.17) is 14.0 Å². The van der Waals surface area contributed by atoms with Gasteiger partial charge < -0.3 is 24.4 Å². The molecular formula is C25H36N2O6. The first kappa shape index (κ1) is 26.2. The fourth-order valence-electron chi connectivity index (χ4n) is 3.31. The van der Waals surface area contributed by atoms with Gasteiger partial charge in [0.15, 0.2) is 0 Å². The number of aromatic nitrogens is 1. The van der Waals surface area contributed by atoms with Crippen molar-refractivity contribution >= 4 is 12.1 Å². The third kappa shape index (κ3) is 7.51. The van der Waals surface area contributed by atoms with Gasteiger partial charge in [0.25, 0.3) is 0 Å². The van der Waals surface area contributed by atoms with Gasteiger partial charge in [-0.2, -0.15) is 0 Å². The summed E-state index contributed by atoms with van der Waals surface area (Å²) >= 11 is 0. The number of hydrogen-bond donors (Lipinski definition) is 2. The van der Waals surface area contributed by atoms with Crippen molar-refractivity contribution in [3.63, 3.8) is 0 Å². The summed E-state index contributed by atoms with van der Waals surface area (Å²) < 4.78 is 15.3. The first-order valence-corrected chi connectivity index (χ1v) is 11.2. The standard InChI is InChI=1S/C25H36N2O6/c1-8-31-21(28)15-26-23(30)32-11-9-10-17-14-20(27-33-17)16-12-18(24(2,3)4)22(29)19(13-16)25(5,6)7/h12-14,29H,8-11,15H2,1-7H3,(H,26,30). The molecule has 1 aromatic heterocycles. The molecule has 0 aliphatic carbocycles. The smallest absolute Gasteiger partial charge is 0.407 e. The van der Waals surface area contributed by atoms with Gasteiger partial charge in [0, 0.05) is 29.2 Å². The fraction of sp³-hybridized carbons (Fsp3) is 0.560. The number of phenolic OH excluding ortho intramolecular Hbond substituents is 1. The first-order valence-electron chi connectivity index (χ1n) is 11.2. The van der Waals surface area contributed by atoms with E-state index < -0.39 is 12.1 Å². The molecule has 0 saturated heterocycles. The Labute approximate surface area is 195 Å². The zero-order valence-corrected chi connectivity index (χ0v) is 20.7. The predicted molar refractivity (Wildman–Crippen MR) is 125 cm³/mol. The Balaban J connectivity index is 2.02. The van der Waals surface area contributed by atoms with Crippen LogP contribution < -0.4 is 5.32 Å². The van der Waals surface area contributed by atoms with Gasteiger partial charge in [-0.1, -0.05) is 46.7 Å². The van der Waals surface area contributed by atoms with Gasteiger partial charge in [0.05, 0.1) is 13.2 Å². The number of aromatic hydroxyl groups is 1. The Morgan fingerprint density at radius 2 is 1.64 bits per heavy atom. The summed E-state index contributed by atoms with van der Waals surface area (Å²) in [6.45, 7) is 14.3. The molecule has 0 spiro atoms. The van der Waals surface area contributed by atoms with Gasteiger partial charge in [0.2, 0.25) is 0 Å². The number of nitrogens with one attached hydrogen (secondary N) is 1. The third-order valence-corrected chi connectivity index (χ3v) is 5.06. The minimum absolute atomic E-state index is 0.173. The molecule has 0 atom stereocenters. The molecule has 182 valence electrons. The number of ether oxygens (including phenoxy) is 2. The molecule has 0 radical (unpaired) electrons. The highest BCUT2D eigenvalue weighted by molar-refractivity contribution is 5.77. The van der Waals surface area contributed by atoms with Crippen molar-refractivity contribution in [2.75, 3.05) is 19.8 Å². The van der Waals surface area contributed by atoms with Crippen molar-refractivity contribution in [3.8, 4) is 17.0 Å². The molecule has 2 N–H and O–H groups in total. The lowest BCUT2D eigenvalue weighted by molar-refractivity contribution is -0.141. The van der Waals surface area contributed by atoms with Crippen LogP contribution in [0.4, 0.5) is 4.79 Å². The molecule has 33 heavy (non-hydrogen) atoms. The van der Waals surface area contributed by atoms with E-state index in [-0.39, 0.29) is 30.6 Å². The first-order chi connectivity index (χ1) is 15.3. The summed E-state index contributed by atoms with van der Waals surface area (Å²) in [5, 5.41) is 17.5. The minimum Gasteiger partial charge on any atom is -0.507 e. The number of carbonyl (C=O) groups is 2. The number of alkyl carbamates (subject to hydrolysis) is 1.